The molecule has 3 amide bonds. The first kappa shape index (κ1) is 21.6. The van der Waals surface area contributed by atoms with Gasteiger partial charge in [-0.3, -0.25) is 14.4 Å². The summed E-state index contributed by atoms with van der Waals surface area (Å²) in [4.78, 5) is 39.8. The third-order valence-corrected chi connectivity index (χ3v) is 5.48. The number of nitrogens with zero attached hydrogens (tertiary/aromatic N) is 2. The fourth-order valence-electron chi connectivity index (χ4n) is 3.82. The van der Waals surface area contributed by atoms with Crippen LogP contribution >= 0.6 is 0 Å². The summed E-state index contributed by atoms with van der Waals surface area (Å²) in [6.45, 7) is 1.13. The van der Waals surface area contributed by atoms with Gasteiger partial charge >= 0.3 is 0 Å². The molecule has 1 atom stereocenters. The van der Waals surface area contributed by atoms with Crippen molar-refractivity contribution in [2.75, 3.05) is 19.6 Å². The Morgan fingerprint density at radius 1 is 1.07 bits per heavy atom. The maximum Gasteiger partial charge on any atom is 0.268 e. The quantitative estimate of drug-likeness (QED) is 0.812. The van der Waals surface area contributed by atoms with Crippen molar-refractivity contribution in [1.29, 1.82) is 0 Å². The fourth-order valence-corrected chi connectivity index (χ4v) is 3.82. The number of nitrogens with one attached hydrogen (secondary N) is 2. The topological polar surface area (TPSA) is 83.4 Å². The zero-order valence-electron chi connectivity index (χ0n) is 17.5. The second-order valence-electron chi connectivity index (χ2n) is 7.67. The highest BCUT2D eigenvalue weighted by Crippen LogP contribution is 2.25. The van der Waals surface area contributed by atoms with E-state index in [9.17, 15) is 14.4 Å². The summed E-state index contributed by atoms with van der Waals surface area (Å²) < 4.78 is 1.71. The number of carbonyl (C=O) groups excluding carboxylic acids is 3. The minimum absolute atomic E-state index is 0.0589. The van der Waals surface area contributed by atoms with E-state index in [-0.39, 0.29) is 36.7 Å². The third kappa shape index (κ3) is 5.72. The Bertz CT molecular complexity index is 862. The van der Waals surface area contributed by atoms with Crippen LogP contribution in [-0.2, 0) is 16.6 Å². The van der Waals surface area contributed by atoms with Gasteiger partial charge in [0.25, 0.3) is 5.91 Å². The van der Waals surface area contributed by atoms with E-state index in [2.05, 4.69) is 10.6 Å². The molecule has 1 saturated heterocycles. The van der Waals surface area contributed by atoms with Gasteiger partial charge in [-0.05, 0) is 30.5 Å². The molecule has 160 valence electrons. The first-order chi connectivity index (χ1) is 14.6. The van der Waals surface area contributed by atoms with Crippen LogP contribution in [0.5, 0.6) is 0 Å². The predicted molar refractivity (Wildman–Crippen MR) is 115 cm³/mol. The molecule has 1 aliphatic heterocycles. The van der Waals surface area contributed by atoms with Crippen molar-refractivity contribution < 1.29 is 14.4 Å². The maximum atomic E-state index is 13.2. The zero-order valence-corrected chi connectivity index (χ0v) is 17.5. The van der Waals surface area contributed by atoms with E-state index >= 15 is 0 Å². The molecule has 7 nitrogen and oxygen atoms in total. The summed E-state index contributed by atoms with van der Waals surface area (Å²) in [6, 6.07) is 12.8. The average Bonchev–Trinajstić information content (AvgIpc) is 3.17. The van der Waals surface area contributed by atoms with E-state index in [1.54, 1.807) is 34.8 Å². The van der Waals surface area contributed by atoms with Crippen molar-refractivity contribution in [2.45, 2.75) is 38.1 Å². The van der Waals surface area contributed by atoms with Crippen molar-refractivity contribution in [2.24, 2.45) is 7.05 Å². The van der Waals surface area contributed by atoms with Crippen LogP contribution in [-0.4, -0.2) is 46.8 Å². The highest BCUT2D eigenvalue weighted by atomic mass is 16.2. The Morgan fingerprint density at radius 3 is 2.57 bits per heavy atom. The standard InChI is InChI=1S/C23H30N4O3/c1-26-14-9-12-19(26)23(30)25-17-22(29)27-15-8-3-2-7-13-24-21(28)16-20(27)18-10-5-4-6-11-18/h4-6,9-12,14,20H,2-3,7-8,13,15-17H2,1H3,(H,24,28)(H,25,30). The van der Waals surface area contributed by atoms with Gasteiger partial charge in [0.2, 0.25) is 11.8 Å². The average molecular weight is 411 g/mol. The summed E-state index contributed by atoms with van der Waals surface area (Å²) in [5.74, 6) is -0.530. The van der Waals surface area contributed by atoms with Gasteiger partial charge in [0.15, 0.2) is 0 Å². The van der Waals surface area contributed by atoms with Crippen molar-refractivity contribution >= 4 is 17.7 Å². The monoisotopic (exact) mass is 410 g/mol. The number of hydrogen-bond acceptors (Lipinski definition) is 3. The van der Waals surface area contributed by atoms with Gasteiger partial charge in [-0.2, -0.15) is 0 Å². The van der Waals surface area contributed by atoms with Gasteiger partial charge in [-0.1, -0.05) is 43.2 Å². The van der Waals surface area contributed by atoms with Gasteiger partial charge in [0.1, 0.15) is 5.69 Å². The third-order valence-electron chi connectivity index (χ3n) is 5.48. The van der Waals surface area contributed by atoms with Gasteiger partial charge < -0.3 is 20.1 Å². The molecule has 1 unspecified atom stereocenters. The molecular weight excluding hydrogens is 380 g/mol. The lowest BCUT2D eigenvalue weighted by Crippen LogP contribution is -2.44. The highest BCUT2D eigenvalue weighted by Gasteiger charge is 2.27. The number of rotatable bonds is 4. The number of benzene rings is 1. The molecule has 1 aromatic heterocycles. The van der Waals surface area contributed by atoms with Crippen LogP contribution in [0, 0.1) is 0 Å². The Morgan fingerprint density at radius 2 is 1.83 bits per heavy atom. The summed E-state index contributed by atoms with van der Waals surface area (Å²) >= 11 is 0. The molecule has 2 N–H and O–H groups in total. The largest absolute Gasteiger partial charge is 0.356 e. The fraction of sp³-hybridized carbons (Fsp3) is 0.435. The van der Waals surface area contributed by atoms with Crippen LogP contribution in [0.3, 0.4) is 0 Å². The van der Waals surface area contributed by atoms with Crippen LogP contribution in [0.4, 0.5) is 0 Å². The molecule has 1 aliphatic rings. The number of amides is 3. The van der Waals surface area contributed by atoms with Crippen molar-refractivity contribution in [3.63, 3.8) is 0 Å². The zero-order chi connectivity index (χ0) is 21.3. The summed E-state index contributed by atoms with van der Waals surface area (Å²) in [6.07, 6.45) is 5.83. The smallest absolute Gasteiger partial charge is 0.268 e. The molecule has 2 aromatic rings. The number of hydrogen-bond donors (Lipinski definition) is 2. The Hall–Kier alpha value is -3.09. The van der Waals surface area contributed by atoms with Crippen molar-refractivity contribution in [3.8, 4) is 0 Å². The van der Waals surface area contributed by atoms with E-state index in [4.69, 9.17) is 0 Å². The van der Waals surface area contributed by atoms with Crippen LogP contribution in [0.1, 0.15) is 54.2 Å². The normalized spacial score (nSPS) is 18.2. The van der Waals surface area contributed by atoms with E-state index in [0.29, 0.717) is 18.8 Å². The number of aryl methyl sites for hydroxylation is 1. The molecule has 1 aromatic carbocycles. The highest BCUT2D eigenvalue weighted by molar-refractivity contribution is 5.95. The lowest BCUT2D eigenvalue weighted by Gasteiger charge is -2.32. The van der Waals surface area contributed by atoms with Crippen molar-refractivity contribution in [3.05, 3.63) is 59.9 Å². The van der Waals surface area contributed by atoms with Gasteiger partial charge in [-0.25, -0.2) is 0 Å². The van der Waals surface area contributed by atoms with Gasteiger partial charge in [0.05, 0.1) is 19.0 Å². The molecule has 1 fully saturated rings. The van der Waals surface area contributed by atoms with Crippen LogP contribution < -0.4 is 10.6 Å². The van der Waals surface area contributed by atoms with Crippen LogP contribution in [0.25, 0.3) is 0 Å². The number of carbonyl (C=O) groups is 3. The molecule has 0 aliphatic carbocycles. The predicted octanol–water partition coefficient (Wildman–Crippen LogP) is 2.41. The van der Waals surface area contributed by atoms with E-state index in [1.807, 2.05) is 30.3 Å². The van der Waals surface area contributed by atoms with Crippen LogP contribution in [0.2, 0.25) is 0 Å². The molecule has 0 radical (unpaired) electrons. The number of aromatic nitrogens is 1. The molecule has 0 bridgehead atoms. The molecule has 0 saturated carbocycles. The molecule has 0 spiro atoms. The Labute approximate surface area is 177 Å². The minimum Gasteiger partial charge on any atom is -0.356 e. The first-order valence-corrected chi connectivity index (χ1v) is 10.6. The maximum absolute atomic E-state index is 13.2. The Balaban J connectivity index is 1.77. The molecule has 7 heteroatoms. The first-order valence-electron chi connectivity index (χ1n) is 10.6. The molecule has 3 rings (SSSR count). The second kappa shape index (κ2) is 10.6. The van der Waals surface area contributed by atoms with E-state index in [1.165, 1.54) is 0 Å². The SMILES string of the molecule is Cn1cccc1C(=O)NCC(=O)N1CCCCCCNC(=O)CC1c1ccccc1. The Kier molecular flexibility index (Phi) is 7.65. The minimum atomic E-state index is -0.358. The van der Waals surface area contributed by atoms with Gasteiger partial charge in [-0.15, -0.1) is 0 Å². The summed E-state index contributed by atoms with van der Waals surface area (Å²) in [5.41, 5.74) is 1.42. The van der Waals surface area contributed by atoms with E-state index < -0.39 is 0 Å². The van der Waals surface area contributed by atoms with Crippen LogP contribution in [0.15, 0.2) is 48.7 Å². The second-order valence-corrected chi connectivity index (χ2v) is 7.67. The summed E-state index contributed by atoms with van der Waals surface area (Å²) in [5, 5.41) is 5.70. The lowest BCUT2D eigenvalue weighted by atomic mass is 10.0. The van der Waals surface area contributed by atoms with E-state index in [0.717, 1.165) is 31.2 Å². The molecule has 30 heavy (non-hydrogen) atoms. The molecule has 2 heterocycles. The summed E-state index contributed by atoms with van der Waals surface area (Å²) in [7, 11) is 1.79. The van der Waals surface area contributed by atoms with Crippen molar-refractivity contribution in [1.82, 2.24) is 20.1 Å². The van der Waals surface area contributed by atoms with Gasteiger partial charge in [0, 0.05) is 26.3 Å². The lowest BCUT2D eigenvalue weighted by molar-refractivity contribution is -0.134. The molecular formula is C23H30N4O3.